The lowest BCUT2D eigenvalue weighted by Gasteiger charge is -2.22. The molecule has 0 aromatic rings. The van der Waals surface area contributed by atoms with Crippen LogP contribution in [0.15, 0.2) is 12.2 Å². The number of amides is 1. The lowest BCUT2D eigenvalue weighted by atomic mass is 10.0. The van der Waals surface area contributed by atoms with Crippen LogP contribution in [-0.4, -0.2) is 47.4 Å². The van der Waals surface area contributed by atoms with Crippen molar-refractivity contribution < 1.29 is 24.5 Å². The Balaban J connectivity index is 3.34. The van der Waals surface area contributed by atoms with Crippen molar-refractivity contribution in [3.05, 3.63) is 12.2 Å². The van der Waals surface area contributed by atoms with E-state index >= 15 is 0 Å². The van der Waals surface area contributed by atoms with Gasteiger partial charge >= 0.3 is 5.97 Å². The van der Waals surface area contributed by atoms with Crippen molar-refractivity contribution in [2.75, 3.05) is 13.2 Å². The highest BCUT2D eigenvalue weighted by atomic mass is 16.5. The summed E-state index contributed by atoms with van der Waals surface area (Å²) in [5.74, 6) is -0.00697. The monoisotopic (exact) mass is 1210 g/mol. The molecule has 0 saturated carbocycles. The molecule has 2 atom stereocenters. The molecule has 0 heterocycles. The van der Waals surface area contributed by atoms with Crippen molar-refractivity contribution in [1.29, 1.82) is 0 Å². The topological polar surface area (TPSA) is 95.9 Å². The van der Waals surface area contributed by atoms with Crippen LogP contribution in [-0.2, 0) is 14.3 Å². The number of carbonyl (C=O) groups is 2. The summed E-state index contributed by atoms with van der Waals surface area (Å²) >= 11 is 0. The highest BCUT2D eigenvalue weighted by Gasteiger charge is 2.20. The van der Waals surface area contributed by atoms with Gasteiger partial charge in [-0.2, -0.15) is 0 Å². The minimum Gasteiger partial charge on any atom is -0.466 e. The van der Waals surface area contributed by atoms with Crippen molar-refractivity contribution in [2.45, 2.75) is 475 Å². The zero-order valence-corrected chi connectivity index (χ0v) is 58.8. The summed E-state index contributed by atoms with van der Waals surface area (Å²) in [7, 11) is 0. The fourth-order valence-corrected chi connectivity index (χ4v) is 13.0. The van der Waals surface area contributed by atoms with Crippen molar-refractivity contribution in [1.82, 2.24) is 5.32 Å². The van der Waals surface area contributed by atoms with Crippen LogP contribution in [0.3, 0.4) is 0 Å². The van der Waals surface area contributed by atoms with Gasteiger partial charge in [0, 0.05) is 12.8 Å². The van der Waals surface area contributed by atoms with Gasteiger partial charge in [-0.1, -0.05) is 411 Å². The van der Waals surface area contributed by atoms with Gasteiger partial charge in [0.25, 0.3) is 0 Å². The zero-order chi connectivity index (χ0) is 62.0. The molecule has 6 heteroatoms. The highest BCUT2D eigenvalue weighted by molar-refractivity contribution is 5.76. The summed E-state index contributed by atoms with van der Waals surface area (Å²) in [6.45, 7) is 5.01. The number of hydrogen-bond donors (Lipinski definition) is 3. The fraction of sp³-hybridized carbons (Fsp3) is 0.950. The van der Waals surface area contributed by atoms with Crippen LogP contribution >= 0.6 is 0 Å². The van der Waals surface area contributed by atoms with E-state index in [2.05, 4.69) is 31.3 Å². The second-order valence-corrected chi connectivity index (χ2v) is 27.8. The first-order chi connectivity index (χ1) is 42.5. The van der Waals surface area contributed by atoms with E-state index in [-0.39, 0.29) is 18.5 Å². The summed E-state index contributed by atoms with van der Waals surface area (Å²) in [6.07, 6.45) is 95.8. The number of hydrogen-bond acceptors (Lipinski definition) is 5. The molecule has 512 valence electrons. The smallest absolute Gasteiger partial charge is 0.305 e. The number of aliphatic hydroxyl groups is 2. The first-order valence-electron chi connectivity index (χ1n) is 39.9. The molecular formula is C80H157NO5. The van der Waals surface area contributed by atoms with E-state index in [1.54, 1.807) is 0 Å². The molecule has 0 aliphatic rings. The Bertz CT molecular complexity index is 1300. The number of nitrogens with one attached hydrogen (secondary N) is 1. The second kappa shape index (κ2) is 76.1. The minimum atomic E-state index is -0.663. The quantitative estimate of drug-likeness (QED) is 0.0320. The van der Waals surface area contributed by atoms with Crippen molar-refractivity contribution in [3.8, 4) is 0 Å². The molecule has 0 rings (SSSR count). The number of esters is 1. The fourth-order valence-electron chi connectivity index (χ4n) is 13.0. The third kappa shape index (κ3) is 71.7. The maximum atomic E-state index is 12.6. The van der Waals surface area contributed by atoms with E-state index in [0.717, 1.165) is 38.5 Å². The lowest BCUT2D eigenvalue weighted by Crippen LogP contribution is -2.45. The average molecular weight is 1210 g/mol. The number of ether oxygens (including phenoxy) is 1. The lowest BCUT2D eigenvalue weighted by molar-refractivity contribution is -0.143. The third-order valence-corrected chi connectivity index (χ3v) is 19.1. The predicted molar refractivity (Wildman–Crippen MR) is 380 cm³/mol. The number of rotatable bonds is 76. The van der Waals surface area contributed by atoms with Crippen LogP contribution in [0.2, 0.25) is 0 Å². The number of allylic oxidation sites excluding steroid dienone is 2. The number of unbranched alkanes of at least 4 members (excludes halogenated alkanes) is 63. The van der Waals surface area contributed by atoms with Crippen LogP contribution in [0.1, 0.15) is 463 Å². The van der Waals surface area contributed by atoms with Gasteiger partial charge in [0.1, 0.15) is 0 Å². The summed E-state index contributed by atoms with van der Waals surface area (Å²) in [6, 6.07) is -0.540. The van der Waals surface area contributed by atoms with Crippen molar-refractivity contribution in [2.24, 2.45) is 0 Å². The standard InChI is InChI=1S/C80H157NO5/c1-3-5-7-9-11-13-15-17-19-21-23-24-30-33-37-40-44-48-52-56-60-64-68-72-78(83)77(76-82)81-79(84)73-69-65-61-57-53-49-45-41-38-34-31-28-26-25-27-29-32-35-39-43-47-51-55-59-63-67-71-75-86-80(85)74-70-66-62-58-54-50-46-42-36-22-20-18-16-14-12-10-8-6-4-2/h18,20,77-78,82-83H,3-17,19,21-76H2,1-2H3,(H,81,84)/b20-18-. The molecule has 0 bridgehead atoms. The van der Waals surface area contributed by atoms with Gasteiger partial charge < -0.3 is 20.3 Å². The molecule has 0 radical (unpaired) electrons. The van der Waals surface area contributed by atoms with Gasteiger partial charge in [-0.05, 0) is 51.4 Å². The maximum absolute atomic E-state index is 12.6. The van der Waals surface area contributed by atoms with Crippen molar-refractivity contribution in [3.63, 3.8) is 0 Å². The van der Waals surface area contributed by atoms with E-state index in [1.807, 2.05) is 0 Å². The Morgan fingerprint density at radius 3 is 0.826 bits per heavy atom. The number of aliphatic hydroxyl groups excluding tert-OH is 2. The van der Waals surface area contributed by atoms with Crippen LogP contribution in [0.4, 0.5) is 0 Å². The van der Waals surface area contributed by atoms with E-state index < -0.39 is 12.1 Å². The first kappa shape index (κ1) is 84.6. The van der Waals surface area contributed by atoms with Crippen molar-refractivity contribution >= 4 is 11.9 Å². The van der Waals surface area contributed by atoms with Crippen LogP contribution in [0.5, 0.6) is 0 Å². The summed E-state index contributed by atoms with van der Waals surface area (Å²) in [5, 5.41) is 23.5. The van der Waals surface area contributed by atoms with E-state index in [1.165, 1.54) is 392 Å². The number of carbonyl (C=O) groups excluding carboxylic acids is 2. The summed E-state index contributed by atoms with van der Waals surface area (Å²) in [4.78, 5) is 24.7. The van der Waals surface area contributed by atoms with Gasteiger partial charge in [-0.25, -0.2) is 0 Å². The molecule has 0 aromatic heterocycles. The van der Waals surface area contributed by atoms with E-state index in [9.17, 15) is 19.8 Å². The minimum absolute atomic E-state index is 0.0192. The summed E-state index contributed by atoms with van der Waals surface area (Å²) in [5.41, 5.74) is 0. The van der Waals surface area contributed by atoms with E-state index in [0.29, 0.717) is 25.9 Å². The molecule has 0 saturated heterocycles. The Labute approximate surface area is 539 Å². The van der Waals surface area contributed by atoms with Gasteiger partial charge in [0.05, 0.1) is 25.4 Å². The molecule has 0 fully saturated rings. The Morgan fingerprint density at radius 1 is 0.314 bits per heavy atom. The van der Waals surface area contributed by atoms with E-state index in [4.69, 9.17) is 4.74 Å². The molecular weight excluding hydrogens is 1050 g/mol. The predicted octanol–water partition coefficient (Wildman–Crippen LogP) is 26.3. The van der Waals surface area contributed by atoms with Gasteiger partial charge in [-0.3, -0.25) is 9.59 Å². The van der Waals surface area contributed by atoms with Crippen LogP contribution in [0.25, 0.3) is 0 Å². The molecule has 0 aliphatic carbocycles. The summed E-state index contributed by atoms with van der Waals surface area (Å²) < 4.78 is 5.52. The zero-order valence-electron chi connectivity index (χ0n) is 58.8. The molecule has 3 N–H and O–H groups in total. The maximum Gasteiger partial charge on any atom is 0.305 e. The average Bonchev–Trinajstić information content (AvgIpc) is 3.53. The normalized spacial score (nSPS) is 12.5. The first-order valence-corrected chi connectivity index (χ1v) is 39.9. The van der Waals surface area contributed by atoms with Gasteiger partial charge in [-0.15, -0.1) is 0 Å². The van der Waals surface area contributed by atoms with Crippen LogP contribution in [0, 0.1) is 0 Å². The largest absolute Gasteiger partial charge is 0.466 e. The third-order valence-electron chi connectivity index (χ3n) is 19.1. The molecule has 0 aliphatic heterocycles. The molecule has 1 amide bonds. The SMILES string of the molecule is CCCCCCCC/C=C\CCCCCCCCCCCC(=O)OCCCCCCCCCCCCCCCCCCCCCCCCCCCCCC(=O)NC(CO)C(O)CCCCCCCCCCCCCCCCCCCCCCCCC. The Morgan fingerprint density at radius 2 is 0.547 bits per heavy atom. The highest BCUT2D eigenvalue weighted by Crippen LogP contribution is 2.20. The Hall–Kier alpha value is -1.40. The second-order valence-electron chi connectivity index (χ2n) is 27.8. The molecule has 0 aromatic carbocycles. The Kier molecular flexibility index (Phi) is 74.8. The van der Waals surface area contributed by atoms with Crippen LogP contribution < -0.4 is 5.32 Å². The van der Waals surface area contributed by atoms with Gasteiger partial charge in [0.15, 0.2) is 0 Å². The molecule has 86 heavy (non-hydrogen) atoms. The van der Waals surface area contributed by atoms with Gasteiger partial charge in [0.2, 0.25) is 5.91 Å². The molecule has 0 spiro atoms. The molecule has 6 nitrogen and oxygen atoms in total. The molecule has 2 unspecified atom stereocenters.